The van der Waals surface area contributed by atoms with E-state index in [0.29, 0.717) is 16.1 Å². The molecule has 0 aliphatic carbocycles. The maximum absolute atomic E-state index is 12.4. The SMILES string of the molecule is Cc1ccc(N)c(C)c1S(=O)(=O)NC1CCSC1. The highest BCUT2D eigenvalue weighted by Gasteiger charge is 2.26. The lowest BCUT2D eigenvalue weighted by Gasteiger charge is -2.16. The van der Waals surface area contributed by atoms with Crippen molar-refractivity contribution in [3.8, 4) is 0 Å². The number of rotatable bonds is 3. The van der Waals surface area contributed by atoms with Gasteiger partial charge < -0.3 is 5.73 Å². The van der Waals surface area contributed by atoms with Crippen LogP contribution in [0.4, 0.5) is 5.69 Å². The average Bonchev–Trinajstić information content (AvgIpc) is 2.75. The van der Waals surface area contributed by atoms with Crippen molar-refractivity contribution in [1.82, 2.24) is 4.72 Å². The zero-order valence-electron chi connectivity index (χ0n) is 10.6. The Morgan fingerprint density at radius 1 is 1.39 bits per heavy atom. The standard InChI is InChI=1S/C12H18N2O2S2/c1-8-3-4-11(13)9(2)12(8)18(15,16)14-10-5-6-17-7-10/h3-4,10,14H,5-7,13H2,1-2H3. The fraction of sp³-hybridized carbons (Fsp3) is 0.500. The van der Waals surface area contributed by atoms with Gasteiger partial charge >= 0.3 is 0 Å². The minimum atomic E-state index is -3.47. The molecule has 1 atom stereocenters. The number of hydrogen-bond acceptors (Lipinski definition) is 4. The number of anilines is 1. The summed E-state index contributed by atoms with van der Waals surface area (Å²) < 4.78 is 27.6. The number of hydrogen-bond donors (Lipinski definition) is 2. The molecule has 4 nitrogen and oxygen atoms in total. The number of nitrogens with two attached hydrogens (primary N) is 1. The Kier molecular flexibility index (Phi) is 3.89. The van der Waals surface area contributed by atoms with E-state index in [1.54, 1.807) is 37.7 Å². The van der Waals surface area contributed by atoms with Gasteiger partial charge in [-0.05, 0) is 43.2 Å². The second-order valence-electron chi connectivity index (χ2n) is 4.61. The molecule has 1 saturated heterocycles. The summed E-state index contributed by atoms with van der Waals surface area (Å²) in [4.78, 5) is 0.333. The van der Waals surface area contributed by atoms with Gasteiger partial charge in [0.15, 0.2) is 0 Å². The molecular weight excluding hydrogens is 268 g/mol. The van der Waals surface area contributed by atoms with E-state index in [1.807, 2.05) is 0 Å². The predicted octanol–water partition coefficient (Wildman–Crippen LogP) is 1.67. The molecule has 1 fully saturated rings. The van der Waals surface area contributed by atoms with E-state index in [1.165, 1.54) is 0 Å². The first-order chi connectivity index (χ1) is 8.42. The average molecular weight is 286 g/mol. The fourth-order valence-electron chi connectivity index (χ4n) is 2.16. The first-order valence-electron chi connectivity index (χ1n) is 5.87. The van der Waals surface area contributed by atoms with Crippen molar-refractivity contribution in [1.29, 1.82) is 0 Å². The van der Waals surface area contributed by atoms with Crippen molar-refractivity contribution >= 4 is 27.5 Å². The fourth-order valence-corrected chi connectivity index (χ4v) is 5.19. The molecule has 0 radical (unpaired) electrons. The zero-order valence-corrected chi connectivity index (χ0v) is 12.2. The molecule has 0 aromatic heterocycles. The second-order valence-corrected chi connectivity index (χ2v) is 7.41. The van der Waals surface area contributed by atoms with Crippen LogP contribution in [-0.2, 0) is 10.0 Å². The molecule has 1 aromatic carbocycles. The Hall–Kier alpha value is -0.720. The van der Waals surface area contributed by atoms with Crippen molar-refractivity contribution in [2.24, 2.45) is 0 Å². The van der Waals surface area contributed by atoms with Crippen LogP contribution in [0.15, 0.2) is 17.0 Å². The van der Waals surface area contributed by atoms with Gasteiger partial charge in [-0.15, -0.1) is 0 Å². The summed E-state index contributed by atoms with van der Waals surface area (Å²) in [7, 11) is -3.47. The van der Waals surface area contributed by atoms with Crippen molar-refractivity contribution in [3.05, 3.63) is 23.3 Å². The number of nitrogens with one attached hydrogen (secondary N) is 1. The molecule has 1 aromatic rings. The predicted molar refractivity (Wildman–Crippen MR) is 76.4 cm³/mol. The van der Waals surface area contributed by atoms with Gasteiger partial charge in [-0.25, -0.2) is 13.1 Å². The smallest absolute Gasteiger partial charge is 0.241 e. The van der Waals surface area contributed by atoms with E-state index in [-0.39, 0.29) is 6.04 Å². The quantitative estimate of drug-likeness (QED) is 0.829. The molecule has 2 rings (SSSR count). The van der Waals surface area contributed by atoms with Crippen LogP contribution in [0, 0.1) is 13.8 Å². The van der Waals surface area contributed by atoms with Crippen LogP contribution in [0.2, 0.25) is 0 Å². The van der Waals surface area contributed by atoms with Crippen molar-refractivity contribution in [2.45, 2.75) is 31.2 Å². The summed E-state index contributed by atoms with van der Waals surface area (Å²) >= 11 is 1.78. The first kappa shape index (κ1) is 13.7. The monoisotopic (exact) mass is 286 g/mol. The Morgan fingerprint density at radius 3 is 2.72 bits per heavy atom. The summed E-state index contributed by atoms with van der Waals surface area (Å²) in [6, 6.07) is 3.54. The van der Waals surface area contributed by atoms with Crippen LogP contribution in [0.1, 0.15) is 17.5 Å². The lowest BCUT2D eigenvalue weighted by atomic mass is 10.1. The van der Waals surface area contributed by atoms with Gasteiger partial charge in [-0.1, -0.05) is 6.07 Å². The van der Waals surface area contributed by atoms with E-state index < -0.39 is 10.0 Å². The Morgan fingerprint density at radius 2 is 2.11 bits per heavy atom. The van der Waals surface area contributed by atoms with E-state index in [2.05, 4.69) is 4.72 Å². The van der Waals surface area contributed by atoms with Gasteiger partial charge in [0.1, 0.15) is 0 Å². The molecule has 0 bridgehead atoms. The summed E-state index contributed by atoms with van der Waals surface area (Å²) in [5, 5.41) is 0. The summed E-state index contributed by atoms with van der Waals surface area (Å²) in [6.45, 7) is 3.55. The molecule has 1 unspecified atom stereocenters. The van der Waals surface area contributed by atoms with E-state index in [0.717, 1.165) is 23.5 Å². The summed E-state index contributed by atoms with van der Waals surface area (Å²) in [5.74, 6) is 1.86. The molecule has 3 N–H and O–H groups in total. The molecule has 1 aliphatic rings. The third kappa shape index (κ3) is 2.65. The maximum atomic E-state index is 12.4. The molecule has 0 saturated carbocycles. The number of aryl methyl sites for hydroxylation is 1. The number of thioether (sulfide) groups is 1. The van der Waals surface area contributed by atoms with E-state index in [9.17, 15) is 8.42 Å². The van der Waals surface area contributed by atoms with Gasteiger partial charge in [0.05, 0.1) is 4.90 Å². The Labute approximate surface area is 112 Å². The van der Waals surface area contributed by atoms with Gasteiger partial charge in [0, 0.05) is 17.5 Å². The molecule has 18 heavy (non-hydrogen) atoms. The topological polar surface area (TPSA) is 72.2 Å². The largest absolute Gasteiger partial charge is 0.398 e. The Balaban J connectivity index is 2.37. The second kappa shape index (κ2) is 5.11. The number of benzene rings is 1. The van der Waals surface area contributed by atoms with E-state index in [4.69, 9.17) is 5.73 Å². The van der Waals surface area contributed by atoms with E-state index >= 15 is 0 Å². The van der Waals surface area contributed by atoms with Crippen LogP contribution in [0.3, 0.4) is 0 Å². The zero-order chi connectivity index (χ0) is 13.3. The number of sulfonamides is 1. The minimum absolute atomic E-state index is 0.0419. The van der Waals surface area contributed by atoms with Crippen molar-refractivity contribution in [2.75, 3.05) is 17.2 Å². The van der Waals surface area contributed by atoms with Gasteiger partial charge in [0.25, 0.3) is 0 Å². The molecule has 1 heterocycles. The molecule has 6 heteroatoms. The first-order valence-corrected chi connectivity index (χ1v) is 8.51. The van der Waals surface area contributed by atoms with Crippen molar-refractivity contribution < 1.29 is 8.42 Å². The summed E-state index contributed by atoms with van der Waals surface area (Å²) in [5.41, 5.74) is 7.68. The lowest BCUT2D eigenvalue weighted by molar-refractivity contribution is 0.562. The third-order valence-corrected chi connectivity index (χ3v) is 6.14. The lowest BCUT2D eigenvalue weighted by Crippen LogP contribution is -2.35. The van der Waals surface area contributed by atoms with Crippen LogP contribution < -0.4 is 10.5 Å². The highest BCUT2D eigenvalue weighted by Crippen LogP contribution is 2.26. The maximum Gasteiger partial charge on any atom is 0.241 e. The van der Waals surface area contributed by atoms with Crippen LogP contribution >= 0.6 is 11.8 Å². The third-order valence-electron chi connectivity index (χ3n) is 3.16. The van der Waals surface area contributed by atoms with Crippen LogP contribution in [0.25, 0.3) is 0 Å². The van der Waals surface area contributed by atoms with Gasteiger partial charge in [-0.3, -0.25) is 0 Å². The van der Waals surface area contributed by atoms with Gasteiger partial charge in [-0.2, -0.15) is 11.8 Å². The Bertz CT molecular complexity index is 549. The van der Waals surface area contributed by atoms with Crippen LogP contribution in [0.5, 0.6) is 0 Å². The molecule has 100 valence electrons. The number of nitrogen functional groups attached to an aromatic ring is 1. The van der Waals surface area contributed by atoms with Gasteiger partial charge in [0.2, 0.25) is 10.0 Å². The van der Waals surface area contributed by atoms with Crippen molar-refractivity contribution in [3.63, 3.8) is 0 Å². The van der Waals surface area contributed by atoms with Crippen LogP contribution in [-0.4, -0.2) is 26.0 Å². The normalized spacial score (nSPS) is 20.2. The molecule has 0 spiro atoms. The summed E-state index contributed by atoms with van der Waals surface area (Å²) in [6.07, 6.45) is 0.893. The highest BCUT2D eigenvalue weighted by atomic mass is 32.2. The molecular formula is C12H18N2O2S2. The highest BCUT2D eigenvalue weighted by molar-refractivity contribution is 7.99. The minimum Gasteiger partial charge on any atom is -0.398 e. The molecule has 1 aliphatic heterocycles. The molecule has 0 amide bonds.